The minimum atomic E-state index is -0.114. The average Bonchev–Trinajstić information content (AvgIpc) is 3.07. The second-order valence-corrected chi connectivity index (χ2v) is 8.13. The fourth-order valence-corrected chi connectivity index (χ4v) is 4.27. The van der Waals surface area contributed by atoms with E-state index in [1.165, 1.54) is 0 Å². The lowest BCUT2D eigenvalue weighted by molar-refractivity contribution is -0.115. The van der Waals surface area contributed by atoms with Crippen molar-refractivity contribution < 1.29 is 4.79 Å². The van der Waals surface area contributed by atoms with Gasteiger partial charge < -0.3 is 0 Å². The van der Waals surface area contributed by atoms with Crippen molar-refractivity contribution in [2.75, 3.05) is 4.90 Å². The van der Waals surface area contributed by atoms with Crippen LogP contribution in [0.4, 0.5) is 11.5 Å². The van der Waals surface area contributed by atoms with Gasteiger partial charge in [-0.2, -0.15) is 0 Å². The standard InChI is InChI=1S/C24H21Cl2N3O/c1-14-8-5-9-15(2)23(14)29(17(4)30)24-22(18-11-7-12-19(25)21(18)26)27-20-13-6-10-16(3)28(20)24/h5-13H,1-4H3. The number of hydrogen-bond acceptors (Lipinski definition) is 2. The molecule has 0 N–H and O–H groups in total. The van der Waals surface area contributed by atoms with E-state index in [1.807, 2.05) is 73.7 Å². The number of anilines is 2. The van der Waals surface area contributed by atoms with Gasteiger partial charge in [-0.25, -0.2) is 4.98 Å². The summed E-state index contributed by atoms with van der Waals surface area (Å²) in [5.74, 6) is 0.536. The predicted molar refractivity (Wildman–Crippen MR) is 124 cm³/mol. The lowest BCUT2D eigenvalue weighted by atomic mass is 10.1. The van der Waals surface area contributed by atoms with Crippen LogP contribution in [0.3, 0.4) is 0 Å². The van der Waals surface area contributed by atoms with Gasteiger partial charge in [-0.1, -0.05) is 59.6 Å². The number of halogens is 2. The van der Waals surface area contributed by atoms with Gasteiger partial charge in [-0.3, -0.25) is 14.1 Å². The summed E-state index contributed by atoms with van der Waals surface area (Å²) in [6.07, 6.45) is 0. The highest BCUT2D eigenvalue weighted by atomic mass is 35.5. The summed E-state index contributed by atoms with van der Waals surface area (Å²) >= 11 is 12.9. The zero-order valence-electron chi connectivity index (χ0n) is 17.2. The molecule has 0 saturated heterocycles. The zero-order valence-corrected chi connectivity index (χ0v) is 18.7. The first-order chi connectivity index (χ1) is 14.3. The van der Waals surface area contributed by atoms with Crippen LogP contribution in [0.15, 0.2) is 54.6 Å². The number of fused-ring (bicyclic) bond motifs is 1. The molecule has 4 rings (SSSR count). The second-order valence-electron chi connectivity index (χ2n) is 7.34. The molecular formula is C24H21Cl2N3O. The Balaban J connectivity index is 2.16. The van der Waals surface area contributed by atoms with Gasteiger partial charge in [0.05, 0.1) is 15.7 Å². The molecule has 2 aromatic heterocycles. The predicted octanol–water partition coefficient (Wildman–Crippen LogP) is 6.92. The van der Waals surface area contributed by atoms with Crippen molar-refractivity contribution in [3.63, 3.8) is 0 Å². The molecule has 0 aliphatic rings. The second kappa shape index (κ2) is 7.78. The van der Waals surface area contributed by atoms with E-state index in [0.29, 0.717) is 27.1 Å². The smallest absolute Gasteiger partial charge is 0.229 e. The van der Waals surface area contributed by atoms with Crippen LogP contribution in [0, 0.1) is 20.8 Å². The van der Waals surface area contributed by atoms with Gasteiger partial charge >= 0.3 is 0 Å². The molecule has 0 fully saturated rings. The van der Waals surface area contributed by atoms with E-state index in [9.17, 15) is 4.79 Å². The molecule has 30 heavy (non-hydrogen) atoms. The van der Waals surface area contributed by atoms with Crippen LogP contribution in [-0.2, 0) is 4.79 Å². The summed E-state index contributed by atoms with van der Waals surface area (Å²) in [5, 5.41) is 0.849. The number of benzene rings is 2. The van der Waals surface area contributed by atoms with Crippen molar-refractivity contribution in [1.82, 2.24) is 9.38 Å². The van der Waals surface area contributed by atoms with E-state index in [-0.39, 0.29) is 5.91 Å². The third-order valence-electron chi connectivity index (χ3n) is 5.21. The maximum absolute atomic E-state index is 13.1. The Morgan fingerprint density at radius 2 is 1.57 bits per heavy atom. The largest absolute Gasteiger partial charge is 0.282 e. The van der Waals surface area contributed by atoms with Gasteiger partial charge in [-0.15, -0.1) is 0 Å². The van der Waals surface area contributed by atoms with Crippen molar-refractivity contribution in [2.45, 2.75) is 27.7 Å². The number of imidazole rings is 1. The van der Waals surface area contributed by atoms with Crippen LogP contribution < -0.4 is 4.90 Å². The number of hydrogen-bond donors (Lipinski definition) is 0. The molecule has 0 unspecified atom stereocenters. The first-order valence-electron chi connectivity index (χ1n) is 9.60. The Kier molecular flexibility index (Phi) is 5.31. The highest BCUT2D eigenvalue weighted by molar-refractivity contribution is 6.43. The first kappa shape index (κ1) is 20.5. The Bertz CT molecular complexity index is 1270. The van der Waals surface area contributed by atoms with E-state index in [2.05, 4.69) is 0 Å². The van der Waals surface area contributed by atoms with Gasteiger partial charge in [0.15, 0.2) is 5.82 Å². The molecule has 0 atom stereocenters. The normalized spacial score (nSPS) is 11.1. The lowest BCUT2D eigenvalue weighted by Crippen LogP contribution is -2.26. The molecule has 4 nitrogen and oxygen atoms in total. The van der Waals surface area contributed by atoms with Gasteiger partial charge in [0, 0.05) is 18.2 Å². The summed E-state index contributed by atoms with van der Waals surface area (Å²) in [6, 6.07) is 17.3. The molecule has 0 spiro atoms. The Labute approximate surface area is 185 Å². The quantitative estimate of drug-likeness (QED) is 0.348. The van der Waals surface area contributed by atoms with Crippen molar-refractivity contribution >= 4 is 46.3 Å². The van der Waals surface area contributed by atoms with E-state index in [1.54, 1.807) is 17.9 Å². The number of rotatable bonds is 3. The Hall–Kier alpha value is -2.82. The Morgan fingerprint density at radius 3 is 2.23 bits per heavy atom. The van der Waals surface area contributed by atoms with E-state index < -0.39 is 0 Å². The van der Waals surface area contributed by atoms with Crippen molar-refractivity contribution in [2.24, 2.45) is 0 Å². The molecule has 152 valence electrons. The number of aromatic nitrogens is 2. The molecule has 2 aromatic carbocycles. The van der Waals surface area contributed by atoms with Crippen molar-refractivity contribution in [3.8, 4) is 11.3 Å². The number of carbonyl (C=O) groups excluding carboxylic acids is 1. The van der Waals surface area contributed by atoms with Gasteiger partial charge in [-0.05, 0) is 50.1 Å². The minimum absolute atomic E-state index is 0.114. The van der Waals surface area contributed by atoms with Crippen LogP contribution in [0.25, 0.3) is 16.9 Å². The monoisotopic (exact) mass is 437 g/mol. The molecule has 2 heterocycles. The van der Waals surface area contributed by atoms with Crippen LogP contribution in [0.1, 0.15) is 23.7 Å². The first-order valence-corrected chi connectivity index (χ1v) is 10.4. The number of para-hydroxylation sites is 1. The molecule has 0 bridgehead atoms. The van der Waals surface area contributed by atoms with Crippen LogP contribution >= 0.6 is 23.2 Å². The van der Waals surface area contributed by atoms with Gasteiger partial charge in [0.2, 0.25) is 5.91 Å². The molecule has 4 aromatic rings. The molecule has 0 saturated carbocycles. The summed E-state index contributed by atoms with van der Waals surface area (Å²) < 4.78 is 1.99. The molecular weight excluding hydrogens is 417 g/mol. The van der Waals surface area contributed by atoms with Crippen molar-refractivity contribution in [3.05, 3.63) is 81.5 Å². The minimum Gasteiger partial charge on any atom is -0.282 e. The number of carbonyl (C=O) groups is 1. The molecule has 0 aliphatic carbocycles. The summed E-state index contributed by atoms with van der Waals surface area (Å²) in [6.45, 7) is 7.55. The third kappa shape index (κ3) is 3.26. The molecule has 1 amide bonds. The lowest BCUT2D eigenvalue weighted by Gasteiger charge is -2.26. The average molecular weight is 438 g/mol. The molecule has 0 radical (unpaired) electrons. The fourth-order valence-electron chi connectivity index (χ4n) is 3.88. The van der Waals surface area contributed by atoms with E-state index >= 15 is 0 Å². The maximum Gasteiger partial charge on any atom is 0.229 e. The topological polar surface area (TPSA) is 37.6 Å². The summed E-state index contributed by atoms with van der Waals surface area (Å²) in [7, 11) is 0. The summed E-state index contributed by atoms with van der Waals surface area (Å²) in [5.41, 5.74) is 5.81. The highest BCUT2D eigenvalue weighted by Crippen LogP contribution is 2.42. The number of aryl methyl sites for hydroxylation is 3. The number of amides is 1. The summed E-state index contributed by atoms with van der Waals surface area (Å²) in [4.78, 5) is 19.6. The molecule has 6 heteroatoms. The Morgan fingerprint density at radius 1 is 0.933 bits per heavy atom. The van der Waals surface area contributed by atoms with E-state index in [0.717, 1.165) is 28.2 Å². The molecule has 0 aliphatic heterocycles. The highest BCUT2D eigenvalue weighted by Gasteiger charge is 2.28. The number of pyridine rings is 1. The van der Waals surface area contributed by atoms with Gasteiger partial charge in [0.25, 0.3) is 0 Å². The van der Waals surface area contributed by atoms with E-state index in [4.69, 9.17) is 28.2 Å². The maximum atomic E-state index is 13.1. The van der Waals surface area contributed by atoms with Crippen molar-refractivity contribution in [1.29, 1.82) is 0 Å². The van der Waals surface area contributed by atoms with Gasteiger partial charge in [0.1, 0.15) is 11.3 Å². The zero-order chi connectivity index (χ0) is 21.6. The van der Waals surface area contributed by atoms with Crippen LogP contribution in [0.2, 0.25) is 10.0 Å². The number of nitrogens with zero attached hydrogens (tertiary/aromatic N) is 3. The fraction of sp³-hybridized carbons (Fsp3) is 0.167. The third-order valence-corrected chi connectivity index (χ3v) is 6.03. The van der Waals surface area contributed by atoms with Crippen LogP contribution in [0.5, 0.6) is 0 Å². The van der Waals surface area contributed by atoms with Crippen LogP contribution in [-0.4, -0.2) is 15.3 Å². The SMILES string of the molecule is CC(=O)N(c1c(C)cccc1C)c1c(-c2cccc(Cl)c2Cl)nc2cccc(C)n12.